The summed E-state index contributed by atoms with van der Waals surface area (Å²) in [6.45, 7) is 4.99. The first-order valence-electron chi connectivity index (χ1n) is 6.20. The second kappa shape index (κ2) is 5.31. The van der Waals surface area contributed by atoms with E-state index in [0.717, 1.165) is 25.2 Å². The zero-order valence-corrected chi connectivity index (χ0v) is 10.4. The Labute approximate surface area is 101 Å². The molecule has 1 saturated heterocycles. The van der Waals surface area contributed by atoms with Gasteiger partial charge in [-0.2, -0.15) is 0 Å². The van der Waals surface area contributed by atoms with E-state index in [1.165, 1.54) is 0 Å². The summed E-state index contributed by atoms with van der Waals surface area (Å²) >= 11 is 0. The average molecular weight is 236 g/mol. The van der Waals surface area contributed by atoms with Crippen LogP contribution < -0.4 is 10.6 Å². The molecule has 1 aliphatic heterocycles. The molecular weight excluding hydrogens is 216 g/mol. The van der Waals surface area contributed by atoms with Crippen molar-refractivity contribution in [2.75, 3.05) is 6.54 Å². The van der Waals surface area contributed by atoms with Gasteiger partial charge in [0.2, 0.25) is 5.91 Å². The van der Waals surface area contributed by atoms with Crippen LogP contribution in [-0.2, 0) is 4.79 Å². The van der Waals surface area contributed by atoms with Crippen molar-refractivity contribution in [2.24, 2.45) is 5.92 Å². The molecule has 1 fully saturated rings. The fourth-order valence-corrected chi connectivity index (χ4v) is 2.28. The molecule has 1 aliphatic rings. The van der Waals surface area contributed by atoms with E-state index in [9.17, 15) is 4.79 Å². The van der Waals surface area contributed by atoms with Crippen molar-refractivity contribution in [3.8, 4) is 0 Å². The molecule has 0 aliphatic carbocycles. The molecule has 5 heteroatoms. The second-order valence-corrected chi connectivity index (χ2v) is 4.78. The highest BCUT2D eigenvalue weighted by Gasteiger charge is 2.25. The molecule has 3 N–H and O–H groups in total. The summed E-state index contributed by atoms with van der Waals surface area (Å²) in [4.78, 5) is 19.2. The lowest BCUT2D eigenvalue weighted by Crippen LogP contribution is -2.43. The van der Waals surface area contributed by atoms with Gasteiger partial charge < -0.3 is 15.6 Å². The quantitative estimate of drug-likeness (QED) is 0.732. The molecule has 1 aromatic heterocycles. The third-order valence-electron chi connectivity index (χ3n) is 3.28. The molecule has 0 aromatic carbocycles. The SMILES string of the molecule is CC1CC(C(=O)NC(C)c2ncc[nH]2)CCN1. The van der Waals surface area contributed by atoms with Gasteiger partial charge in [-0.3, -0.25) is 4.79 Å². The average Bonchev–Trinajstić information content (AvgIpc) is 2.82. The Morgan fingerprint density at radius 3 is 3.12 bits per heavy atom. The highest BCUT2D eigenvalue weighted by atomic mass is 16.1. The third-order valence-corrected chi connectivity index (χ3v) is 3.28. The van der Waals surface area contributed by atoms with Crippen LogP contribution in [0.2, 0.25) is 0 Å². The summed E-state index contributed by atoms with van der Waals surface area (Å²) in [5, 5.41) is 6.36. The molecule has 0 radical (unpaired) electrons. The Kier molecular flexibility index (Phi) is 3.78. The maximum absolute atomic E-state index is 12.1. The van der Waals surface area contributed by atoms with Crippen LogP contribution in [0.3, 0.4) is 0 Å². The fourth-order valence-electron chi connectivity index (χ4n) is 2.28. The van der Waals surface area contributed by atoms with Gasteiger partial charge in [-0.25, -0.2) is 4.98 Å². The molecule has 3 unspecified atom stereocenters. The number of hydrogen-bond donors (Lipinski definition) is 3. The van der Waals surface area contributed by atoms with Crippen molar-refractivity contribution in [2.45, 2.75) is 38.8 Å². The zero-order valence-electron chi connectivity index (χ0n) is 10.4. The Bertz CT molecular complexity index is 363. The normalized spacial score (nSPS) is 26.5. The van der Waals surface area contributed by atoms with Gasteiger partial charge in [0.05, 0.1) is 6.04 Å². The van der Waals surface area contributed by atoms with Gasteiger partial charge in [-0.1, -0.05) is 0 Å². The van der Waals surface area contributed by atoms with Gasteiger partial charge in [-0.15, -0.1) is 0 Å². The molecule has 3 atom stereocenters. The number of piperidine rings is 1. The molecule has 0 spiro atoms. The standard InChI is InChI=1S/C12H20N4O/c1-8-7-10(3-4-13-8)12(17)16-9(2)11-14-5-6-15-11/h5-6,8-10,13H,3-4,7H2,1-2H3,(H,14,15)(H,16,17). The molecule has 17 heavy (non-hydrogen) atoms. The van der Waals surface area contributed by atoms with Crippen molar-refractivity contribution in [1.29, 1.82) is 0 Å². The molecule has 1 aromatic rings. The molecule has 1 amide bonds. The molecule has 2 rings (SSSR count). The Morgan fingerprint density at radius 2 is 2.47 bits per heavy atom. The van der Waals surface area contributed by atoms with Crippen LogP contribution in [0.25, 0.3) is 0 Å². The number of aromatic nitrogens is 2. The minimum Gasteiger partial charge on any atom is -0.347 e. The first kappa shape index (κ1) is 12.1. The molecule has 0 saturated carbocycles. The first-order valence-corrected chi connectivity index (χ1v) is 6.20. The van der Waals surface area contributed by atoms with E-state index in [-0.39, 0.29) is 17.9 Å². The summed E-state index contributed by atoms with van der Waals surface area (Å²) in [6.07, 6.45) is 5.30. The topological polar surface area (TPSA) is 69.8 Å². The van der Waals surface area contributed by atoms with Crippen molar-refractivity contribution in [3.05, 3.63) is 18.2 Å². The minimum absolute atomic E-state index is 0.0531. The van der Waals surface area contributed by atoms with Gasteiger partial charge >= 0.3 is 0 Å². The summed E-state index contributed by atoms with van der Waals surface area (Å²) in [5.74, 6) is 1.08. The van der Waals surface area contributed by atoms with Gasteiger partial charge in [0.15, 0.2) is 0 Å². The van der Waals surface area contributed by atoms with E-state index >= 15 is 0 Å². The number of amides is 1. The lowest BCUT2D eigenvalue weighted by atomic mass is 9.92. The van der Waals surface area contributed by atoms with E-state index in [1.54, 1.807) is 12.4 Å². The summed E-state index contributed by atoms with van der Waals surface area (Å²) in [5.41, 5.74) is 0. The Morgan fingerprint density at radius 1 is 1.65 bits per heavy atom. The largest absolute Gasteiger partial charge is 0.347 e. The predicted octanol–water partition coefficient (Wildman–Crippen LogP) is 0.975. The highest BCUT2D eigenvalue weighted by Crippen LogP contribution is 2.17. The number of nitrogens with zero attached hydrogens (tertiary/aromatic N) is 1. The summed E-state index contributed by atoms with van der Waals surface area (Å²) in [6, 6.07) is 0.376. The molecule has 94 valence electrons. The number of carbonyl (C=O) groups excluding carboxylic acids is 1. The number of H-pyrrole nitrogens is 1. The number of imidazole rings is 1. The number of rotatable bonds is 3. The van der Waals surface area contributed by atoms with Crippen LogP contribution in [0.15, 0.2) is 12.4 Å². The molecule has 0 bridgehead atoms. The number of hydrogen-bond acceptors (Lipinski definition) is 3. The summed E-state index contributed by atoms with van der Waals surface area (Å²) in [7, 11) is 0. The fraction of sp³-hybridized carbons (Fsp3) is 0.667. The molecule has 2 heterocycles. The summed E-state index contributed by atoms with van der Waals surface area (Å²) < 4.78 is 0. The van der Waals surface area contributed by atoms with Crippen LogP contribution in [0.4, 0.5) is 0 Å². The Hall–Kier alpha value is -1.36. The number of carbonyl (C=O) groups is 1. The van der Waals surface area contributed by atoms with Crippen LogP contribution in [0.5, 0.6) is 0 Å². The van der Waals surface area contributed by atoms with Crippen molar-refractivity contribution in [1.82, 2.24) is 20.6 Å². The molecule has 5 nitrogen and oxygen atoms in total. The van der Waals surface area contributed by atoms with Gasteiger partial charge in [0, 0.05) is 24.4 Å². The van der Waals surface area contributed by atoms with E-state index in [4.69, 9.17) is 0 Å². The maximum atomic E-state index is 12.1. The van der Waals surface area contributed by atoms with Gasteiger partial charge in [0.1, 0.15) is 5.82 Å². The Balaban J connectivity index is 1.88. The third kappa shape index (κ3) is 3.06. The maximum Gasteiger partial charge on any atom is 0.223 e. The van der Waals surface area contributed by atoms with Gasteiger partial charge in [0.25, 0.3) is 0 Å². The van der Waals surface area contributed by atoms with Crippen LogP contribution in [0.1, 0.15) is 38.6 Å². The van der Waals surface area contributed by atoms with E-state index < -0.39 is 0 Å². The smallest absolute Gasteiger partial charge is 0.223 e. The zero-order chi connectivity index (χ0) is 12.3. The van der Waals surface area contributed by atoms with Crippen molar-refractivity contribution in [3.63, 3.8) is 0 Å². The molecular formula is C12H20N4O. The van der Waals surface area contributed by atoms with E-state index in [1.807, 2.05) is 6.92 Å². The highest BCUT2D eigenvalue weighted by molar-refractivity contribution is 5.79. The van der Waals surface area contributed by atoms with E-state index in [2.05, 4.69) is 27.5 Å². The van der Waals surface area contributed by atoms with Gasteiger partial charge in [-0.05, 0) is 33.2 Å². The minimum atomic E-state index is -0.0531. The monoisotopic (exact) mass is 236 g/mol. The second-order valence-electron chi connectivity index (χ2n) is 4.78. The van der Waals surface area contributed by atoms with Crippen molar-refractivity contribution >= 4 is 5.91 Å². The van der Waals surface area contributed by atoms with Crippen LogP contribution >= 0.6 is 0 Å². The lowest BCUT2D eigenvalue weighted by molar-refractivity contribution is -0.126. The van der Waals surface area contributed by atoms with Crippen molar-refractivity contribution < 1.29 is 4.79 Å². The van der Waals surface area contributed by atoms with E-state index in [0.29, 0.717) is 6.04 Å². The lowest BCUT2D eigenvalue weighted by Gasteiger charge is -2.27. The number of aromatic amines is 1. The predicted molar refractivity (Wildman–Crippen MR) is 65.3 cm³/mol. The van der Waals surface area contributed by atoms with Crippen LogP contribution in [-0.4, -0.2) is 28.5 Å². The van der Waals surface area contributed by atoms with Crippen LogP contribution in [0, 0.1) is 5.92 Å². The first-order chi connectivity index (χ1) is 8.16. The number of nitrogens with one attached hydrogen (secondary N) is 3.